The summed E-state index contributed by atoms with van der Waals surface area (Å²) in [6.45, 7) is 3.49. The van der Waals surface area contributed by atoms with Gasteiger partial charge in [-0.15, -0.1) is 11.8 Å². The minimum absolute atomic E-state index is 0.00420. The lowest BCUT2D eigenvalue weighted by Crippen LogP contribution is -2.25. The van der Waals surface area contributed by atoms with Crippen LogP contribution in [-0.2, 0) is 6.42 Å². The van der Waals surface area contributed by atoms with Gasteiger partial charge in [0.1, 0.15) is 5.75 Å². The van der Waals surface area contributed by atoms with Crippen molar-refractivity contribution >= 4 is 17.7 Å². The normalized spacial score (nSPS) is 10.4. The summed E-state index contributed by atoms with van der Waals surface area (Å²) in [6.07, 6.45) is 4.77. The molecule has 0 aromatic heterocycles. The van der Waals surface area contributed by atoms with Crippen LogP contribution in [0.1, 0.15) is 35.7 Å². The van der Waals surface area contributed by atoms with Crippen LogP contribution in [0.3, 0.4) is 0 Å². The number of nitrogens with one attached hydrogen (secondary N) is 1. The van der Waals surface area contributed by atoms with Crippen molar-refractivity contribution in [2.75, 3.05) is 19.4 Å². The number of ether oxygens (including phenoxy) is 1. The van der Waals surface area contributed by atoms with Gasteiger partial charge in [0, 0.05) is 11.4 Å². The number of rotatable bonds is 9. The fraction of sp³-hybridized carbons (Fsp3) is 0.350. The first-order chi connectivity index (χ1) is 11.8. The zero-order valence-corrected chi connectivity index (χ0v) is 15.2. The van der Waals surface area contributed by atoms with Gasteiger partial charge < -0.3 is 10.1 Å². The van der Waals surface area contributed by atoms with Gasteiger partial charge in [0.25, 0.3) is 5.91 Å². The molecule has 0 unspecified atom stereocenters. The molecule has 0 radical (unpaired) electrons. The van der Waals surface area contributed by atoms with Crippen LogP contribution in [0.2, 0.25) is 0 Å². The van der Waals surface area contributed by atoms with Crippen LogP contribution in [0, 0.1) is 0 Å². The summed E-state index contributed by atoms with van der Waals surface area (Å²) in [4.78, 5) is 13.3. The van der Waals surface area contributed by atoms with E-state index in [4.69, 9.17) is 4.74 Å². The van der Waals surface area contributed by atoms with Gasteiger partial charge in [-0.25, -0.2) is 0 Å². The zero-order valence-electron chi connectivity index (χ0n) is 14.4. The Morgan fingerprint density at radius 1 is 1.12 bits per heavy atom. The van der Waals surface area contributed by atoms with Crippen LogP contribution in [-0.4, -0.2) is 25.3 Å². The number of para-hydroxylation sites is 1. The highest BCUT2D eigenvalue weighted by Gasteiger charge is 2.09. The number of amides is 1. The molecule has 0 aliphatic heterocycles. The Hall–Kier alpha value is -1.94. The van der Waals surface area contributed by atoms with Gasteiger partial charge >= 0.3 is 0 Å². The summed E-state index contributed by atoms with van der Waals surface area (Å²) in [5, 5.41) is 3.01. The van der Waals surface area contributed by atoms with E-state index in [2.05, 4.69) is 18.3 Å². The first-order valence-corrected chi connectivity index (χ1v) is 9.60. The van der Waals surface area contributed by atoms with Crippen LogP contribution in [0.15, 0.2) is 53.4 Å². The number of carbonyl (C=O) groups is 1. The Balaban J connectivity index is 1.84. The van der Waals surface area contributed by atoms with Crippen LogP contribution in [0.25, 0.3) is 0 Å². The van der Waals surface area contributed by atoms with E-state index in [1.807, 2.05) is 48.7 Å². The van der Waals surface area contributed by atoms with Gasteiger partial charge in [-0.3, -0.25) is 4.79 Å². The van der Waals surface area contributed by atoms with Crippen molar-refractivity contribution in [3.05, 3.63) is 59.7 Å². The van der Waals surface area contributed by atoms with Crippen LogP contribution >= 0.6 is 11.8 Å². The van der Waals surface area contributed by atoms with Crippen LogP contribution in [0.5, 0.6) is 5.75 Å². The second kappa shape index (κ2) is 10.0. The van der Waals surface area contributed by atoms with E-state index in [9.17, 15) is 4.79 Å². The summed E-state index contributed by atoms with van der Waals surface area (Å²) < 4.78 is 5.77. The maximum absolute atomic E-state index is 12.3. The summed E-state index contributed by atoms with van der Waals surface area (Å²) >= 11 is 1.59. The van der Waals surface area contributed by atoms with Gasteiger partial charge in [0.15, 0.2) is 0 Å². The largest absolute Gasteiger partial charge is 0.493 e. The van der Waals surface area contributed by atoms with E-state index in [1.165, 1.54) is 5.56 Å². The number of hydrogen-bond donors (Lipinski definition) is 1. The molecule has 24 heavy (non-hydrogen) atoms. The van der Waals surface area contributed by atoms with Crippen molar-refractivity contribution in [3.63, 3.8) is 0 Å². The van der Waals surface area contributed by atoms with Crippen molar-refractivity contribution in [2.24, 2.45) is 0 Å². The average Bonchev–Trinajstić information content (AvgIpc) is 2.64. The van der Waals surface area contributed by atoms with Gasteiger partial charge in [-0.1, -0.05) is 37.3 Å². The van der Waals surface area contributed by atoms with E-state index in [-0.39, 0.29) is 5.91 Å². The molecule has 128 valence electrons. The maximum Gasteiger partial charge on any atom is 0.252 e. The third kappa shape index (κ3) is 5.31. The molecule has 0 bridgehead atoms. The molecule has 0 heterocycles. The third-order valence-corrected chi connectivity index (χ3v) is 4.49. The van der Waals surface area contributed by atoms with E-state index in [1.54, 1.807) is 11.8 Å². The lowest BCUT2D eigenvalue weighted by Gasteiger charge is -2.11. The molecule has 3 nitrogen and oxygen atoms in total. The summed E-state index contributed by atoms with van der Waals surface area (Å²) in [7, 11) is 0. The van der Waals surface area contributed by atoms with Crippen LogP contribution in [0.4, 0.5) is 0 Å². The fourth-order valence-electron chi connectivity index (χ4n) is 2.47. The highest BCUT2D eigenvalue weighted by molar-refractivity contribution is 7.98. The molecule has 4 heteroatoms. The van der Waals surface area contributed by atoms with Gasteiger partial charge in [-0.2, -0.15) is 0 Å². The zero-order chi connectivity index (χ0) is 17.2. The predicted octanol–water partition coefficient (Wildman–Crippen LogP) is 4.56. The number of aryl methyl sites for hydroxylation is 1. The lowest BCUT2D eigenvalue weighted by atomic mass is 10.1. The van der Waals surface area contributed by atoms with Gasteiger partial charge in [0.05, 0.1) is 12.2 Å². The number of hydrogen-bond acceptors (Lipinski definition) is 3. The van der Waals surface area contributed by atoms with Crippen molar-refractivity contribution in [2.45, 2.75) is 31.1 Å². The number of carbonyl (C=O) groups excluding carboxylic acids is 1. The standard InChI is InChI=1S/C20H25NO2S/c1-3-15-23-18-12-6-4-9-16(18)10-8-14-21-20(22)17-11-5-7-13-19(17)24-2/h4-7,9,11-13H,3,8,10,14-15H2,1-2H3,(H,21,22). The van der Waals surface area contributed by atoms with E-state index in [0.29, 0.717) is 6.54 Å². The predicted molar refractivity (Wildman–Crippen MR) is 101 cm³/mol. The number of thioether (sulfide) groups is 1. The Kier molecular flexibility index (Phi) is 7.69. The molecular formula is C20H25NO2S. The molecule has 0 atom stereocenters. The Morgan fingerprint density at radius 2 is 1.88 bits per heavy atom. The van der Waals surface area contributed by atoms with E-state index >= 15 is 0 Å². The second-order valence-corrected chi connectivity index (χ2v) is 6.36. The molecule has 0 saturated heterocycles. The van der Waals surface area contributed by atoms with Crippen molar-refractivity contribution < 1.29 is 9.53 Å². The maximum atomic E-state index is 12.3. The minimum Gasteiger partial charge on any atom is -0.493 e. The quantitative estimate of drug-likeness (QED) is 0.536. The topological polar surface area (TPSA) is 38.3 Å². The van der Waals surface area contributed by atoms with Gasteiger partial charge in [-0.05, 0) is 49.3 Å². The summed E-state index contributed by atoms with van der Waals surface area (Å²) in [6, 6.07) is 15.8. The Morgan fingerprint density at radius 3 is 2.67 bits per heavy atom. The molecule has 1 amide bonds. The van der Waals surface area contributed by atoms with Gasteiger partial charge in [0.2, 0.25) is 0 Å². The molecular weight excluding hydrogens is 318 g/mol. The molecule has 0 saturated carbocycles. The first kappa shape index (κ1) is 18.4. The Bertz CT molecular complexity index is 658. The molecule has 2 aromatic rings. The molecule has 2 aromatic carbocycles. The SMILES string of the molecule is CCCOc1ccccc1CCCNC(=O)c1ccccc1SC. The first-order valence-electron chi connectivity index (χ1n) is 8.38. The highest BCUT2D eigenvalue weighted by Crippen LogP contribution is 2.21. The van der Waals surface area contributed by atoms with Crippen molar-refractivity contribution in [1.29, 1.82) is 0 Å². The molecule has 0 aliphatic carbocycles. The summed E-state index contributed by atoms with van der Waals surface area (Å²) in [5.74, 6) is 0.953. The number of benzene rings is 2. The lowest BCUT2D eigenvalue weighted by molar-refractivity contribution is 0.0950. The van der Waals surface area contributed by atoms with Crippen molar-refractivity contribution in [1.82, 2.24) is 5.32 Å². The van der Waals surface area contributed by atoms with Crippen LogP contribution < -0.4 is 10.1 Å². The molecule has 0 spiro atoms. The monoisotopic (exact) mass is 343 g/mol. The second-order valence-electron chi connectivity index (χ2n) is 5.52. The minimum atomic E-state index is -0.00420. The van der Waals surface area contributed by atoms with E-state index < -0.39 is 0 Å². The molecule has 1 N–H and O–H groups in total. The smallest absolute Gasteiger partial charge is 0.252 e. The average molecular weight is 343 g/mol. The molecule has 0 fully saturated rings. The summed E-state index contributed by atoms with van der Waals surface area (Å²) in [5.41, 5.74) is 1.95. The van der Waals surface area contributed by atoms with E-state index in [0.717, 1.165) is 42.1 Å². The van der Waals surface area contributed by atoms with Crippen molar-refractivity contribution in [3.8, 4) is 5.75 Å². The molecule has 0 aliphatic rings. The molecule has 2 rings (SSSR count). The fourth-order valence-corrected chi connectivity index (χ4v) is 3.07. The Labute approximate surface area is 148 Å². The highest BCUT2D eigenvalue weighted by atomic mass is 32.2. The third-order valence-electron chi connectivity index (χ3n) is 3.69.